The van der Waals surface area contributed by atoms with Gasteiger partial charge in [-0.15, -0.1) is 0 Å². The second-order valence-corrected chi connectivity index (χ2v) is 5.21. The van der Waals surface area contributed by atoms with Crippen molar-refractivity contribution >= 4 is 0 Å². The normalized spacial score (nSPS) is 11.1. The van der Waals surface area contributed by atoms with Gasteiger partial charge in [-0.3, -0.25) is 0 Å². The maximum atomic E-state index is 9.22. The highest BCUT2D eigenvalue weighted by Gasteiger charge is 2.23. The quantitative estimate of drug-likeness (QED) is 0.846. The summed E-state index contributed by atoms with van der Waals surface area (Å²) in [5.41, 5.74) is 1.08. The van der Waals surface area contributed by atoms with Crippen LogP contribution in [-0.2, 0) is 12.1 Å². The summed E-state index contributed by atoms with van der Waals surface area (Å²) in [6, 6.07) is 11.8. The van der Waals surface area contributed by atoms with E-state index in [1.165, 1.54) is 0 Å². The Balaban J connectivity index is 2.18. The molecule has 1 aromatic heterocycles. The van der Waals surface area contributed by atoms with E-state index in [0.29, 0.717) is 12.3 Å². The zero-order chi connectivity index (χ0) is 13.9. The first-order chi connectivity index (χ1) is 9.02. The van der Waals surface area contributed by atoms with Crippen molar-refractivity contribution < 1.29 is 4.74 Å². The Morgan fingerprint density at radius 2 is 1.95 bits per heavy atom. The Kier molecular flexibility index (Phi) is 3.52. The summed E-state index contributed by atoms with van der Waals surface area (Å²) in [6.45, 7) is 6.26. The summed E-state index contributed by atoms with van der Waals surface area (Å²) in [5.74, 6) is 0.279. The SMILES string of the molecule is CC(C)(C)n1nnc(OCc2ccccc2)c1C#N. The summed E-state index contributed by atoms with van der Waals surface area (Å²) < 4.78 is 7.15. The van der Waals surface area contributed by atoms with Gasteiger partial charge in [0.1, 0.15) is 12.7 Å². The van der Waals surface area contributed by atoms with E-state index in [1.807, 2.05) is 51.1 Å². The van der Waals surface area contributed by atoms with Gasteiger partial charge in [-0.25, -0.2) is 4.68 Å². The van der Waals surface area contributed by atoms with Crippen molar-refractivity contribution in [3.05, 3.63) is 41.6 Å². The van der Waals surface area contributed by atoms with E-state index in [2.05, 4.69) is 16.4 Å². The topological polar surface area (TPSA) is 63.7 Å². The van der Waals surface area contributed by atoms with Gasteiger partial charge >= 0.3 is 0 Å². The van der Waals surface area contributed by atoms with Crippen LogP contribution in [0.5, 0.6) is 5.88 Å². The van der Waals surface area contributed by atoms with Gasteiger partial charge in [0.05, 0.1) is 5.54 Å². The molecule has 2 rings (SSSR count). The predicted molar refractivity (Wildman–Crippen MR) is 70.5 cm³/mol. The van der Waals surface area contributed by atoms with E-state index in [4.69, 9.17) is 4.74 Å². The van der Waals surface area contributed by atoms with Gasteiger partial charge in [-0.1, -0.05) is 40.6 Å². The molecule has 0 aliphatic rings. The van der Waals surface area contributed by atoms with Crippen LogP contribution in [0.15, 0.2) is 30.3 Å². The summed E-state index contributed by atoms with van der Waals surface area (Å²) in [7, 11) is 0. The first-order valence-electron chi connectivity index (χ1n) is 6.05. The molecule has 0 unspecified atom stereocenters. The highest BCUT2D eigenvalue weighted by molar-refractivity contribution is 5.31. The molecule has 98 valence electrons. The molecule has 5 heteroatoms. The molecule has 1 heterocycles. The lowest BCUT2D eigenvalue weighted by Crippen LogP contribution is -2.24. The largest absolute Gasteiger partial charge is 0.470 e. The smallest absolute Gasteiger partial charge is 0.272 e. The van der Waals surface area contributed by atoms with Gasteiger partial charge in [0.2, 0.25) is 5.69 Å². The minimum Gasteiger partial charge on any atom is -0.470 e. The molecule has 5 nitrogen and oxygen atoms in total. The minimum absolute atomic E-state index is 0.279. The van der Waals surface area contributed by atoms with Crippen molar-refractivity contribution in [3.8, 4) is 11.9 Å². The molecule has 0 saturated heterocycles. The van der Waals surface area contributed by atoms with Crippen LogP contribution in [0.4, 0.5) is 0 Å². The summed E-state index contributed by atoms with van der Waals surface area (Å²) >= 11 is 0. The molecule has 0 fully saturated rings. The maximum absolute atomic E-state index is 9.22. The lowest BCUT2D eigenvalue weighted by atomic mass is 10.1. The van der Waals surface area contributed by atoms with Gasteiger partial charge in [0.25, 0.3) is 5.88 Å². The molecule has 0 saturated carbocycles. The van der Waals surface area contributed by atoms with Crippen LogP contribution in [0.1, 0.15) is 32.0 Å². The van der Waals surface area contributed by atoms with Gasteiger partial charge in [0, 0.05) is 0 Å². The third kappa shape index (κ3) is 2.91. The molecule has 0 spiro atoms. The zero-order valence-electron chi connectivity index (χ0n) is 11.3. The van der Waals surface area contributed by atoms with Gasteiger partial charge in [-0.05, 0) is 26.3 Å². The number of ether oxygens (including phenoxy) is 1. The molecule has 0 atom stereocenters. The van der Waals surface area contributed by atoms with Gasteiger partial charge in [0.15, 0.2) is 0 Å². The van der Waals surface area contributed by atoms with Crippen molar-refractivity contribution in [3.63, 3.8) is 0 Å². The zero-order valence-corrected chi connectivity index (χ0v) is 11.3. The van der Waals surface area contributed by atoms with Gasteiger partial charge in [-0.2, -0.15) is 5.26 Å². The number of benzene rings is 1. The molecule has 0 aliphatic carbocycles. The van der Waals surface area contributed by atoms with E-state index in [-0.39, 0.29) is 11.4 Å². The second kappa shape index (κ2) is 5.11. The van der Waals surface area contributed by atoms with Crippen molar-refractivity contribution in [1.82, 2.24) is 15.0 Å². The molecular weight excluding hydrogens is 240 g/mol. The molecule has 2 aromatic rings. The van der Waals surface area contributed by atoms with E-state index < -0.39 is 0 Å². The Labute approximate surface area is 112 Å². The summed E-state index contributed by atoms with van der Waals surface area (Å²) in [4.78, 5) is 0. The number of rotatable bonds is 3. The van der Waals surface area contributed by atoms with E-state index in [0.717, 1.165) is 5.56 Å². The molecule has 0 radical (unpaired) electrons. The molecular formula is C14H16N4O. The van der Waals surface area contributed by atoms with Crippen molar-refractivity contribution in [2.75, 3.05) is 0 Å². The van der Waals surface area contributed by atoms with E-state index >= 15 is 0 Å². The standard InChI is InChI=1S/C14H16N4O/c1-14(2,3)18-12(9-15)13(16-17-18)19-10-11-7-5-4-6-8-11/h4-8H,10H2,1-3H3. The predicted octanol–water partition coefficient (Wildman–Crippen LogP) is 2.48. The molecule has 0 aliphatic heterocycles. The highest BCUT2D eigenvalue weighted by Crippen LogP contribution is 2.21. The molecule has 0 amide bonds. The number of aromatic nitrogens is 3. The Hall–Kier alpha value is -2.35. The minimum atomic E-state index is -0.299. The van der Waals surface area contributed by atoms with Crippen LogP contribution in [-0.4, -0.2) is 15.0 Å². The monoisotopic (exact) mass is 256 g/mol. The van der Waals surface area contributed by atoms with Crippen LogP contribution in [0.2, 0.25) is 0 Å². The molecule has 0 bridgehead atoms. The maximum Gasteiger partial charge on any atom is 0.272 e. The number of hydrogen-bond donors (Lipinski definition) is 0. The van der Waals surface area contributed by atoms with Crippen molar-refractivity contribution in [2.45, 2.75) is 32.9 Å². The second-order valence-electron chi connectivity index (χ2n) is 5.21. The fourth-order valence-corrected chi connectivity index (χ4v) is 1.66. The first kappa shape index (κ1) is 13.1. The average molecular weight is 256 g/mol. The van der Waals surface area contributed by atoms with E-state index in [9.17, 15) is 5.26 Å². The Morgan fingerprint density at radius 1 is 1.26 bits per heavy atom. The first-order valence-corrected chi connectivity index (χ1v) is 6.05. The van der Waals surface area contributed by atoms with Crippen molar-refractivity contribution in [2.24, 2.45) is 0 Å². The Morgan fingerprint density at radius 3 is 2.53 bits per heavy atom. The molecule has 19 heavy (non-hydrogen) atoms. The van der Waals surface area contributed by atoms with Crippen LogP contribution >= 0.6 is 0 Å². The van der Waals surface area contributed by atoms with Crippen LogP contribution in [0.3, 0.4) is 0 Å². The lowest BCUT2D eigenvalue weighted by molar-refractivity contribution is 0.292. The van der Waals surface area contributed by atoms with Crippen LogP contribution < -0.4 is 4.74 Å². The summed E-state index contributed by atoms with van der Waals surface area (Å²) in [5, 5.41) is 17.1. The Bertz CT molecular complexity index is 590. The van der Waals surface area contributed by atoms with E-state index in [1.54, 1.807) is 4.68 Å². The van der Waals surface area contributed by atoms with Gasteiger partial charge < -0.3 is 4.74 Å². The third-order valence-electron chi connectivity index (χ3n) is 2.60. The lowest BCUT2D eigenvalue weighted by Gasteiger charge is -2.18. The fraction of sp³-hybridized carbons (Fsp3) is 0.357. The summed E-state index contributed by atoms with van der Waals surface area (Å²) in [6.07, 6.45) is 0. The van der Waals surface area contributed by atoms with Crippen LogP contribution in [0, 0.1) is 11.3 Å². The number of nitriles is 1. The molecule has 1 aromatic carbocycles. The highest BCUT2D eigenvalue weighted by atomic mass is 16.5. The van der Waals surface area contributed by atoms with Crippen molar-refractivity contribution in [1.29, 1.82) is 5.26 Å². The number of nitrogens with zero attached hydrogens (tertiary/aromatic N) is 4. The molecule has 0 N–H and O–H groups in total. The average Bonchev–Trinajstić information content (AvgIpc) is 2.80. The third-order valence-corrected chi connectivity index (χ3v) is 2.60. The van der Waals surface area contributed by atoms with Crippen LogP contribution in [0.25, 0.3) is 0 Å². The fourth-order valence-electron chi connectivity index (χ4n) is 1.66. The number of hydrogen-bond acceptors (Lipinski definition) is 4.